The van der Waals surface area contributed by atoms with Crippen LogP contribution in [0.4, 0.5) is 0 Å². The zero-order chi connectivity index (χ0) is 22.0. The number of rotatable bonds is 7. The molecule has 162 valence electrons. The first-order valence-corrected chi connectivity index (χ1v) is 10.2. The first kappa shape index (κ1) is 21.7. The highest BCUT2D eigenvalue weighted by molar-refractivity contribution is 6.09. The quantitative estimate of drug-likeness (QED) is 0.406. The Hall–Kier alpha value is -2.97. The molecule has 2 atom stereocenters. The number of esters is 2. The number of imide groups is 1. The maximum atomic E-state index is 12.6. The zero-order valence-corrected chi connectivity index (χ0v) is 17.4. The second kappa shape index (κ2) is 8.81. The lowest BCUT2D eigenvalue weighted by molar-refractivity contribution is -0.152. The number of aryl methyl sites for hydroxylation is 2. The fraction of sp³-hybridized carbons (Fsp3) is 0.571. The number of hydrogen-bond donors (Lipinski definition) is 1. The van der Waals surface area contributed by atoms with Gasteiger partial charge in [-0.05, 0) is 33.6 Å². The summed E-state index contributed by atoms with van der Waals surface area (Å²) in [6, 6.07) is 0. The van der Waals surface area contributed by atoms with Crippen molar-refractivity contribution in [2.24, 2.45) is 11.8 Å². The van der Waals surface area contributed by atoms with Crippen LogP contribution >= 0.6 is 0 Å². The molecule has 2 amide bonds. The van der Waals surface area contributed by atoms with Crippen LogP contribution in [0.3, 0.4) is 0 Å². The van der Waals surface area contributed by atoms with Gasteiger partial charge in [0.25, 0.3) is 0 Å². The minimum absolute atomic E-state index is 0.109. The number of fused-ring (bicyclic) bond motifs is 1. The fourth-order valence-electron chi connectivity index (χ4n) is 4.37. The molecule has 0 radical (unpaired) electrons. The van der Waals surface area contributed by atoms with E-state index in [1.807, 2.05) is 0 Å². The van der Waals surface area contributed by atoms with Crippen LogP contribution in [-0.4, -0.2) is 59.2 Å². The number of nitrogens with one attached hydrogen (secondary N) is 1. The number of likely N-dealkylation sites (tertiary alicyclic amines) is 1. The first-order chi connectivity index (χ1) is 14.3. The second-order valence-corrected chi connectivity index (χ2v) is 7.69. The van der Waals surface area contributed by atoms with Crippen molar-refractivity contribution in [3.05, 3.63) is 22.5 Å². The molecule has 1 aromatic rings. The van der Waals surface area contributed by atoms with Crippen LogP contribution in [0.5, 0.6) is 0 Å². The van der Waals surface area contributed by atoms with Gasteiger partial charge in [-0.15, -0.1) is 0 Å². The Balaban J connectivity index is 1.63. The molecule has 1 aromatic heterocycles. The summed E-state index contributed by atoms with van der Waals surface area (Å²) in [7, 11) is 0. The fourth-order valence-corrected chi connectivity index (χ4v) is 4.37. The van der Waals surface area contributed by atoms with Crippen molar-refractivity contribution >= 4 is 29.5 Å². The molecule has 0 bridgehead atoms. The Morgan fingerprint density at radius 1 is 0.967 bits per heavy atom. The molecular weight excluding hydrogens is 392 g/mol. The first-order valence-electron chi connectivity index (χ1n) is 10.2. The van der Waals surface area contributed by atoms with E-state index >= 15 is 0 Å². The van der Waals surface area contributed by atoms with E-state index in [9.17, 15) is 24.0 Å². The number of carbonyl (C=O) groups excluding carboxylic acids is 5. The van der Waals surface area contributed by atoms with Gasteiger partial charge in [0.15, 0.2) is 6.61 Å². The van der Waals surface area contributed by atoms with Gasteiger partial charge in [0.1, 0.15) is 6.54 Å². The van der Waals surface area contributed by atoms with Crippen molar-refractivity contribution in [3.63, 3.8) is 0 Å². The van der Waals surface area contributed by atoms with Crippen molar-refractivity contribution in [2.45, 2.75) is 46.5 Å². The van der Waals surface area contributed by atoms with Crippen LogP contribution in [0.2, 0.25) is 0 Å². The molecule has 9 heteroatoms. The Labute approximate surface area is 174 Å². The average molecular weight is 418 g/mol. The monoisotopic (exact) mass is 418 g/mol. The Morgan fingerprint density at radius 3 is 2.10 bits per heavy atom. The summed E-state index contributed by atoms with van der Waals surface area (Å²) >= 11 is 0. The van der Waals surface area contributed by atoms with E-state index in [2.05, 4.69) is 4.98 Å². The van der Waals surface area contributed by atoms with Crippen molar-refractivity contribution in [1.29, 1.82) is 0 Å². The summed E-state index contributed by atoms with van der Waals surface area (Å²) in [4.78, 5) is 65.8. The number of H-pyrrole nitrogens is 1. The van der Waals surface area contributed by atoms with Crippen molar-refractivity contribution in [3.8, 4) is 0 Å². The molecule has 0 spiro atoms. The van der Waals surface area contributed by atoms with Crippen LogP contribution in [0.25, 0.3) is 0 Å². The largest absolute Gasteiger partial charge is 0.462 e. The maximum Gasteiger partial charge on any atom is 0.340 e. The molecular formula is C21H26N2O7. The minimum atomic E-state index is -0.841. The van der Waals surface area contributed by atoms with Gasteiger partial charge in [0.05, 0.1) is 29.6 Å². The lowest BCUT2D eigenvalue weighted by Gasteiger charge is -2.19. The number of aromatic nitrogens is 1. The summed E-state index contributed by atoms with van der Waals surface area (Å²) in [6.45, 7) is 3.98. The normalized spacial score (nSPS) is 20.8. The van der Waals surface area contributed by atoms with Crippen molar-refractivity contribution in [1.82, 2.24) is 9.88 Å². The molecule has 2 heterocycles. The third kappa shape index (κ3) is 4.01. The summed E-state index contributed by atoms with van der Waals surface area (Å²) in [5, 5.41) is 0. The number of Topliss-reactive ketones (excluding diaryl/α,β-unsaturated/α-hetero) is 1. The number of hydrogen-bond acceptors (Lipinski definition) is 7. The topological polar surface area (TPSA) is 123 Å². The lowest BCUT2D eigenvalue weighted by Crippen LogP contribution is -2.37. The highest BCUT2D eigenvalue weighted by atomic mass is 16.5. The van der Waals surface area contributed by atoms with Gasteiger partial charge in [-0.3, -0.25) is 24.1 Å². The van der Waals surface area contributed by atoms with E-state index in [0.29, 0.717) is 24.2 Å². The van der Waals surface area contributed by atoms with Crippen molar-refractivity contribution < 1.29 is 33.4 Å². The average Bonchev–Trinajstić information content (AvgIpc) is 3.14. The number of amides is 2. The van der Waals surface area contributed by atoms with Crippen LogP contribution in [-0.2, 0) is 23.9 Å². The number of ether oxygens (including phenoxy) is 2. The van der Waals surface area contributed by atoms with Gasteiger partial charge in [-0.1, -0.05) is 12.8 Å². The molecule has 0 aromatic carbocycles. The number of carbonyl (C=O) groups is 5. The molecule has 3 rings (SSSR count). The van der Waals surface area contributed by atoms with Gasteiger partial charge in [-0.2, -0.15) is 0 Å². The summed E-state index contributed by atoms with van der Waals surface area (Å²) in [6.07, 6.45) is 3.10. The van der Waals surface area contributed by atoms with E-state index < -0.39 is 30.9 Å². The molecule has 1 aliphatic heterocycles. The minimum Gasteiger partial charge on any atom is -0.462 e. The summed E-state index contributed by atoms with van der Waals surface area (Å²) < 4.78 is 10.0. The highest BCUT2D eigenvalue weighted by Crippen LogP contribution is 2.37. The predicted molar refractivity (Wildman–Crippen MR) is 104 cm³/mol. The molecule has 1 saturated carbocycles. The third-order valence-electron chi connectivity index (χ3n) is 5.72. The van der Waals surface area contributed by atoms with Gasteiger partial charge in [0.2, 0.25) is 17.6 Å². The van der Waals surface area contributed by atoms with E-state index in [4.69, 9.17) is 9.47 Å². The molecule has 9 nitrogen and oxygen atoms in total. The van der Waals surface area contributed by atoms with E-state index in [0.717, 1.165) is 17.7 Å². The van der Waals surface area contributed by atoms with Gasteiger partial charge in [0, 0.05) is 11.4 Å². The molecule has 1 N–H and O–H groups in total. The number of nitrogens with zero attached hydrogens (tertiary/aromatic N) is 1. The van der Waals surface area contributed by atoms with Crippen molar-refractivity contribution in [2.75, 3.05) is 19.8 Å². The highest BCUT2D eigenvalue weighted by Gasteiger charge is 2.48. The van der Waals surface area contributed by atoms with Gasteiger partial charge in [-0.25, -0.2) is 4.79 Å². The summed E-state index contributed by atoms with van der Waals surface area (Å²) in [5.74, 6) is -3.42. The molecule has 30 heavy (non-hydrogen) atoms. The van der Waals surface area contributed by atoms with E-state index in [1.54, 1.807) is 20.8 Å². The summed E-state index contributed by atoms with van der Waals surface area (Å²) in [5.41, 5.74) is 1.17. The number of aromatic amines is 1. The smallest absolute Gasteiger partial charge is 0.340 e. The molecule has 1 saturated heterocycles. The SMILES string of the molecule is CCOC(=O)c1c(C)[nH]c(C)c1C(=O)COC(=O)CN1C(=O)[C@H]2CCCC[C@H]2C1=O. The van der Waals surface area contributed by atoms with Crippen LogP contribution in [0.15, 0.2) is 0 Å². The maximum absolute atomic E-state index is 12.6. The van der Waals surface area contributed by atoms with Gasteiger partial charge < -0.3 is 14.5 Å². The predicted octanol–water partition coefficient (Wildman–Crippen LogP) is 1.71. The molecule has 2 aliphatic rings. The lowest BCUT2D eigenvalue weighted by atomic mass is 9.81. The standard InChI is InChI=1S/C21H26N2O7/c1-4-29-21(28)18-12(3)22-11(2)17(18)15(24)10-30-16(25)9-23-19(26)13-7-5-6-8-14(13)20(23)27/h13-14,22H,4-10H2,1-3H3/t13-,14+. The van der Waals surface area contributed by atoms with Crippen LogP contribution in [0.1, 0.15) is 64.7 Å². The number of ketones is 1. The Kier molecular flexibility index (Phi) is 6.38. The molecule has 1 aliphatic carbocycles. The van der Waals surface area contributed by atoms with E-state index in [-0.39, 0.29) is 41.4 Å². The molecule has 2 fully saturated rings. The Morgan fingerprint density at radius 2 is 1.53 bits per heavy atom. The Bertz CT molecular complexity index is 877. The van der Waals surface area contributed by atoms with Crippen LogP contribution < -0.4 is 0 Å². The zero-order valence-electron chi connectivity index (χ0n) is 17.4. The third-order valence-corrected chi connectivity index (χ3v) is 5.72. The molecule has 0 unspecified atom stereocenters. The second-order valence-electron chi connectivity index (χ2n) is 7.69. The van der Waals surface area contributed by atoms with Crippen LogP contribution in [0, 0.1) is 25.7 Å². The van der Waals surface area contributed by atoms with E-state index in [1.165, 1.54) is 0 Å². The van der Waals surface area contributed by atoms with Gasteiger partial charge >= 0.3 is 11.9 Å².